The smallest absolute Gasteiger partial charge is 0.310 e. The third-order valence-electron chi connectivity index (χ3n) is 3.08. The standard InChI is InChI=1S/C13H12BrNO4/c1-13(2,12(18)19)6-15-8-5-3-4-7(14)9(8)10(16)11(15)17/h3-5H,6H2,1-2H3,(H,18,19). The van der Waals surface area contributed by atoms with Gasteiger partial charge in [-0.3, -0.25) is 14.4 Å². The Hall–Kier alpha value is -1.69. The number of amides is 1. The first kappa shape index (κ1) is 13.7. The maximum Gasteiger partial charge on any atom is 0.310 e. The van der Waals surface area contributed by atoms with Crippen LogP contribution in [0.25, 0.3) is 0 Å². The molecule has 0 aliphatic carbocycles. The van der Waals surface area contributed by atoms with Crippen LogP contribution in [0.1, 0.15) is 24.2 Å². The lowest BCUT2D eigenvalue weighted by Crippen LogP contribution is -2.41. The largest absolute Gasteiger partial charge is 0.481 e. The molecule has 1 aliphatic rings. The van der Waals surface area contributed by atoms with E-state index in [0.29, 0.717) is 15.7 Å². The first-order valence-electron chi connectivity index (χ1n) is 5.64. The van der Waals surface area contributed by atoms with Crippen LogP contribution in [-0.4, -0.2) is 29.3 Å². The van der Waals surface area contributed by atoms with Gasteiger partial charge in [-0.15, -0.1) is 0 Å². The molecule has 6 heteroatoms. The number of hydrogen-bond donors (Lipinski definition) is 1. The van der Waals surface area contributed by atoms with Gasteiger partial charge in [0.05, 0.1) is 16.7 Å². The summed E-state index contributed by atoms with van der Waals surface area (Å²) in [6, 6.07) is 5.02. The number of aliphatic carboxylic acids is 1. The average Bonchev–Trinajstić information content (AvgIpc) is 2.55. The summed E-state index contributed by atoms with van der Waals surface area (Å²) in [6.45, 7) is 2.99. The molecule has 0 saturated heterocycles. The molecule has 0 unspecified atom stereocenters. The number of carbonyl (C=O) groups excluding carboxylic acids is 2. The number of anilines is 1. The third kappa shape index (κ3) is 2.16. The summed E-state index contributed by atoms with van der Waals surface area (Å²) >= 11 is 3.24. The molecule has 0 aromatic heterocycles. The summed E-state index contributed by atoms with van der Waals surface area (Å²) in [5.41, 5.74) is -0.368. The first-order chi connectivity index (χ1) is 8.75. The molecule has 1 aliphatic heterocycles. The summed E-state index contributed by atoms with van der Waals surface area (Å²) in [4.78, 5) is 36.3. The summed E-state index contributed by atoms with van der Waals surface area (Å²) in [7, 11) is 0. The monoisotopic (exact) mass is 325 g/mol. The number of fused-ring (bicyclic) bond motifs is 1. The first-order valence-corrected chi connectivity index (χ1v) is 6.43. The van der Waals surface area contributed by atoms with Crippen molar-refractivity contribution in [3.8, 4) is 0 Å². The summed E-state index contributed by atoms with van der Waals surface area (Å²) in [6.07, 6.45) is 0. The van der Waals surface area contributed by atoms with E-state index in [9.17, 15) is 14.4 Å². The van der Waals surface area contributed by atoms with Gasteiger partial charge in [-0.2, -0.15) is 0 Å². The van der Waals surface area contributed by atoms with Crippen LogP contribution in [0.5, 0.6) is 0 Å². The molecule has 1 heterocycles. The zero-order valence-corrected chi connectivity index (χ0v) is 12.0. The van der Waals surface area contributed by atoms with Crippen LogP contribution in [-0.2, 0) is 9.59 Å². The minimum atomic E-state index is -1.13. The number of carboxylic acids is 1. The topological polar surface area (TPSA) is 74.7 Å². The molecule has 5 nitrogen and oxygen atoms in total. The highest BCUT2D eigenvalue weighted by Crippen LogP contribution is 2.36. The van der Waals surface area contributed by atoms with Gasteiger partial charge >= 0.3 is 5.97 Å². The molecule has 0 radical (unpaired) electrons. The van der Waals surface area contributed by atoms with Gasteiger partial charge in [0.15, 0.2) is 0 Å². The van der Waals surface area contributed by atoms with Crippen molar-refractivity contribution in [1.82, 2.24) is 0 Å². The minimum absolute atomic E-state index is 0.0453. The van der Waals surface area contributed by atoms with Gasteiger partial charge in [0.1, 0.15) is 0 Å². The molecule has 100 valence electrons. The Kier molecular flexibility index (Phi) is 3.22. The highest BCUT2D eigenvalue weighted by atomic mass is 79.9. The highest BCUT2D eigenvalue weighted by Gasteiger charge is 2.41. The van der Waals surface area contributed by atoms with Crippen molar-refractivity contribution < 1.29 is 19.5 Å². The van der Waals surface area contributed by atoms with E-state index in [1.807, 2.05) is 0 Å². The second-order valence-corrected chi connectivity index (χ2v) is 5.90. The fraction of sp³-hybridized carbons (Fsp3) is 0.308. The van der Waals surface area contributed by atoms with Gasteiger partial charge in [-0.05, 0) is 41.9 Å². The lowest BCUT2D eigenvalue weighted by Gasteiger charge is -2.26. The number of carbonyl (C=O) groups is 3. The number of benzene rings is 1. The van der Waals surface area contributed by atoms with Crippen LogP contribution in [0.4, 0.5) is 5.69 Å². The van der Waals surface area contributed by atoms with E-state index in [2.05, 4.69) is 15.9 Å². The second kappa shape index (κ2) is 4.45. The second-order valence-electron chi connectivity index (χ2n) is 5.04. The van der Waals surface area contributed by atoms with Gasteiger partial charge in [0, 0.05) is 11.0 Å². The maximum atomic E-state index is 12.0. The predicted molar refractivity (Wildman–Crippen MR) is 72.2 cm³/mol. The van der Waals surface area contributed by atoms with Crippen LogP contribution < -0.4 is 4.90 Å². The zero-order valence-electron chi connectivity index (χ0n) is 10.4. The summed E-state index contributed by atoms with van der Waals surface area (Å²) < 4.78 is 0.541. The van der Waals surface area contributed by atoms with Crippen molar-refractivity contribution in [2.45, 2.75) is 13.8 Å². The number of rotatable bonds is 3. The predicted octanol–water partition coefficient (Wildman–Crippen LogP) is 2.09. The van der Waals surface area contributed by atoms with Crippen molar-refractivity contribution in [3.63, 3.8) is 0 Å². The Labute approximate surface area is 118 Å². The molecular formula is C13H12BrNO4. The molecule has 0 atom stereocenters. The minimum Gasteiger partial charge on any atom is -0.481 e. The molecule has 2 rings (SSSR count). The van der Waals surface area contributed by atoms with Crippen LogP contribution in [0.3, 0.4) is 0 Å². The molecule has 0 saturated carbocycles. The van der Waals surface area contributed by atoms with E-state index in [1.54, 1.807) is 18.2 Å². The van der Waals surface area contributed by atoms with Gasteiger partial charge in [0.25, 0.3) is 11.7 Å². The number of ketones is 1. The molecule has 1 aromatic rings. The number of halogens is 1. The maximum absolute atomic E-state index is 12.0. The Morgan fingerprint density at radius 1 is 1.37 bits per heavy atom. The summed E-state index contributed by atoms with van der Waals surface area (Å²) in [5, 5.41) is 9.12. The van der Waals surface area contributed by atoms with Crippen molar-refractivity contribution in [2.24, 2.45) is 5.41 Å². The normalized spacial score (nSPS) is 14.8. The number of Topliss-reactive ketones (excluding diaryl/α,β-unsaturated/α-hetero) is 1. The van der Waals surface area contributed by atoms with E-state index in [4.69, 9.17) is 5.11 Å². The van der Waals surface area contributed by atoms with Crippen molar-refractivity contribution in [2.75, 3.05) is 11.4 Å². The molecule has 0 fully saturated rings. The van der Waals surface area contributed by atoms with Crippen LogP contribution in [0.15, 0.2) is 22.7 Å². The third-order valence-corrected chi connectivity index (χ3v) is 3.74. The molecule has 1 aromatic carbocycles. The Morgan fingerprint density at radius 2 is 2.00 bits per heavy atom. The summed E-state index contributed by atoms with van der Waals surface area (Å²) in [5.74, 6) is -2.31. The number of carboxylic acid groups (broad SMARTS) is 1. The fourth-order valence-corrected chi connectivity index (χ4v) is 2.46. The quantitative estimate of drug-likeness (QED) is 0.863. The van der Waals surface area contributed by atoms with Gasteiger partial charge in [-0.1, -0.05) is 6.07 Å². The van der Waals surface area contributed by atoms with Crippen molar-refractivity contribution in [1.29, 1.82) is 0 Å². The van der Waals surface area contributed by atoms with E-state index in [0.717, 1.165) is 0 Å². The van der Waals surface area contributed by atoms with Crippen molar-refractivity contribution >= 4 is 39.3 Å². The Morgan fingerprint density at radius 3 is 2.58 bits per heavy atom. The Balaban J connectivity index is 2.45. The zero-order chi connectivity index (χ0) is 14.4. The number of hydrogen-bond acceptors (Lipinski definition) is 3. The van der Waals surface area contributed by atoms with Crippen LogP contribution >= 0.6 is 15.9 Å². The molecule has 1 N–H and O–H groups in total. The van der Waals surface area contributed by atoms with E-state index < -0.39 is 23.1 Å². The molecule has 1 amide bonds. The van der Waals surface area contributed by atoms with Gasteiger partial charge in [-0.25, -0.2) is 0 Å². The lowest BCUT2D eigenvalue weighted by molar-refractivity contribution is -0.146. The SMILES string of the molecule is CC(C)(CN1C(=O)C(=O)c2c(Br)cccc21)C(=O)O. The van der Waals surface area contributed by atoms with E-state index in [-0.39, 0.29) is 6.54 Å². The molecular weight excluding hydrogens is 314 g/mol. The highest BCUT2D eigenvalue weighted by molar-refractivity contribution is 9.10. The van der Waals surface area contributed by atoms with E-state index >= 15 is 0 Å². The molecule has 19 heavy (non-hydrogen) atoms. The van der Waals surface area contributed by atoms with Crippen LogP contribution in [0, 0.1) is 5.41 Å². The van der Waals surface area contributed by atoms with Crippen LogP contribution in [0.2, 0.25) is 0 Å². The van der Waals surface area contributed by atoms with Gasteiger partial charge in [0.2, 0.25) is 0 Å². The molecule has 0 bridgehead atoms. The Bertz CT molecular complexity index is 594. The number of nitrogens with zero attached hydrogens (tertiary/aromatic N) is 1. The fourth-order valence-electron chi connectivity index (χ4n) is 1.92. The van der Waals surface area contributed by atoms with Gasteiger partial charge < -0.3 is 10.0 Å². The van der Waals surface area contributed by atoms with Crippen molar-refractivity contribution in [3.05, 3.63) is 28.2 Å². The van der Waals surface area contributed by atoms with E-state index in [1.165, 1.54) is 18.7 Å². The molecule has 0 spiro atoms. The average molecular weight is 326 g/mol. The lowest BCUT2D eigenvalue weighted by atomic mass is 9.93.